The van der Waals surface area contributed by atoms with Gasteiger partial charge >= 0.3 is 0 Å². The number of carbonyl (C=O) groups is 2. The zero-order valence-corrected chi connectivity index (χ0v) is 14.0. The molecule has 2 aromatic heterocycles. The fraction of sp³-hybridized carbons (Fsp3) is 0.0476. The summed E-state index contributed by atoms with van der Waals surface area (Å²) in [5.41, 5.74) is 3.36. The van der Waals surface area contributed by atoms with E-state index in [1.807, 2.05) is 60.7 Å². The van der Waals surface area contributed by atoms with E-state index < -0.39 is 0 Å². The van der Waals surface area contributed by atoms with Crippen LogP contribution >= 0.6 is 0 Å². The average Bonchev–Trinajstić information content (AvgIpc) is 3.29. The Labute approximate surface area is 148 Å². The Morgan fingerprint density at radius 1 is 0.769 bits per heavy atom. The molecule has 3 heterocycles. The van der Waals surface area contributed by atoms with Crippen molar-refractivity contribution in [1.82, 2.24) is 9.97 Å². The molecule has 0 unspecified atom stereocenters. The minimum atomic E-state index is -0.314. The van der Waals surface area contributed by atoms with Crippen LogP contribution in [0.4, 0.5) is 5.82 Å². The summed E-state index contributed by atoms with van der Waals surface area (Å²) in [6, 6.07) is 19.2. The third kappa shape index (κ3) is 1.97. The monoisotopic (exact) mass is 341 g/mol. The molecule has 0 bridgehead atoms. The number of rotatable bonds is 2. The molecule has 0 saturated carbocycles. The van der Waals surface area contributed by atoms with Gasteiger partial charge in [-0.2, -0.15) is 0 Å². The summed E-state index contributed by atoms with van der Waals surface area (Å²) in [5.74, 6) is -0.118. The maximum absolute atomic E-state index is 13.1. The van der Waals surface area contributed by atoms with Crippen LogP contribution in [-0.2, 0) is 9.59 Å². The van der Waals surface area contributed by atoms with E-state index in [1.165, 1.54) is 4.90 Å². The second kappa shape index (κ2) is 5.20. The molecular weight excluding hydrogens is 326 g/mol. The molecule has 4 aromatic rings. The number of para-hydroxylation sites is 2. The van der Waals surface area contributed by atoms with E-state index in [-0.39, 0.29) is 11.8 Å². The number of hydrogen-bond donors (Lipinski definition) is 2. The minimum absolute atomic E-state index is 0.296. The zero-order chi connectivity index (χ0) is 17.8. The number of fused-ring (bicyclic) bond motifs is 2. The van der Waals surface area contributed by atoms with Gasteiger partial charge in [0.15, 0.2) is 0 Å². The Balaban J connectivity index is 1.61. The molecule has 2 amide bonds. The van der Waals surface area contributed by atoms with Crippen LogP contribution in [0.1, 0.15) is 12.6 Å². The molecule has 0 aliphatic carbocycles. The van der Waals surface area contributed by atoms with Crippen molar-refractivity contribution in [3.05, 3.63) is 71.9 Å². The summed E-state index contributed by atoms with van der Waals surface area (Å²) in [6.07, 6.45) is 0. The van der Waals surface area contributed by atoms with Crippen molar-refractivity contribution in [2.75, 3.05) is 4.90 Å². The van der Waals surface area contributed by atoms with E-state index in [2.05, 4.69) is 9.97 Å². The Kier molecular flexibility index (Phi) is 2.94. The number of nitrogens with one attached hydrogen (secondary N) is 2. The molecule has 1 aliphatic rings. The number of nitrogens with zero attached hydrogens (tertiary/aromatic N) is 1. The SMILES string of the molecule is CC1=C(c2cc3ccccc3[nH]2)C(=O)N(c2cc3ccccc3[nH]2)C1=O. The lowest BCUT2D eigenvalue weighted by molar-refractivity contribution is -0.120. The molecule has 0 spiro atoms. The lowest BCUT2D eigenvalue weighted by atomic mass is 10.1. The summed E-state index contributed by atoms with van der Waals surface area (Å²) >= 11 is 0. The molecule has 0 atom stereocenters. The van der Waals surface area contributed by atoms with Gasteiger partial charge in [-0.1, -0.05) is 36.4 Å². The first-order valence-electron chi connectivity index (χ1n) is 8.39. The number of amides is 2. The number of hydrogen-bond acceptors (Lipinski definition) is 2. The van der Waals surface area contributed by atoms with Gasteiger partial charge in [0.05, 0.1) is 11.3 Å². The van der Waals surface area contributed by atoms with E-state index >= 15 is 0 Å². The van der Waals surface area contributed by atoms with Crippen LogP contribution < -0.4 is 4.90 Å². The van der Waals surface area contributed by atoms with Crippen LogP contribution in [0.25, 0.3) is 27.4 Å². The van der Waals surface area contributed by atoms with Crippen LogP contribution in [0.2, 0.25) is 0 Å². The first-order valence-corrected chi connectivity index (χ1v) is 8.39. The summed E-state index contributed by atoms with van der Waals surface area (Å²) < 4.78 is 0. The van der Waals surface area contributed by atoms with E-state index in [9.17, 15) is 9.59 Å². The molecule has 0 radical (unpaired) electrons. The van der Waals surface area contributed by atoms with Crippen LogP contribution in [-0.4, -0.2) is 21.8 Å². The van der Waals surface area contributed by atoms with E-state index in [0.29, 0.717) is 22.7 Å². The number of aromatic nitrogens is 2. The van der Waals surface area contributed by atoms with Gasteiger partial charge in [0.2, 0.25) is 0 Å². The average molecular weight is 341 g/mol. The lowest BCUT2D eigenvalue weighted by Crippen LogP contribution is -2.31. The zero-order valence-electron chi connectivity index (χ0n) is 14.0. The molecular formula is C21H15N3O2. The van der Waals surface area contributed by atoms with E-state index in [0.717, 1.165) is 21.8 Å². The highest BCUT2D eigenvalue weighted by molar-refractivity contribution is 6.45. The maximum Gasteiger partial charge on any atom is 0.269 e. The molecule has 1 aliphatic heterocycles. The second-order valence-corrected chi connectivity index (χ2v) is 6.46. The number of H-pyrrole nitrogens is 2. The Hall–Kier alpha value is -3.60. The summed E-state index contributed by atoms with van der Waals surface area (Å²) in [7, 11) is 0. The van der Waals surface area contributed by atoms with Crippen molar-refractivity contribution in [3.63, 3.8) is 0 Å². The number of benzene rings is 2. The van der Waals surface area contributed by atoms with Gasteiger partial charge < -0.3 is 9.97 Å². The predicted octanol–water partition coefficient (Wildman–Crippen LogP) is 4.00. The van der Waals surface area contributed by atoms with Crippen molar-refractivity contribution >= 4 is 45.0 Å². The molecule has 26 heavy (non-hydrogen) atoms. The van der Waals surface area contributed by atoms with E-state index in [4.69, 9.17) is 0 Å². The van der Waals surface area contributed by atoms with Crippen molar-refractivity contribution in [2.24, 2.45) is 0 Å². The van der Waals surface area contributed by atoms with Crippen molar-refractivity contribution in [2.45, 2.75) is 6.92 Å². The van der Waals surface area contributed by atoms with Gasteiger partial charge in [0.1, 0.15) is 5.82 Å². The largest absolute Gasteiger partial charge is 0.354 e. The van der Waals surface area contributed by atoms with Gasteiger partial charge in [0, 0.05) is 27.4 Å². The molecule has 5 nitrogen and oxygen atoms in total. The van der Waals surface area contributed by atoms with Crippen LogP contribution in [0.3, 0.4) is 0 Å². The number of imide groups is 1. The molecule has 5 rings (SSSR count). The Morgan fingerprint density at radius 2 is 1.38 bits per heavy atom. The molecule has 5 heteroatoms. The summed E-state index contributed by atoms with van der Waals surface area (Å²) in [6.45, 7) is 1.70. The normalized spacial score (nSPS) is 15.0. The van der Waals surface area contributed by atoms with Crippen molar-refractivity contribution in [3.8, 4) is 0 Å². The van der Waals surface area contributed by atoms with Gasteiger partial charge in [-0.05, 0) is 31.2 Å². The van der Waals surface area contributed by atoms with Crippen molar-refractivity contribution < 1.29 is 9.59 Å². The minimum Gasteiger partial charge on any atom is -0.354 e. The number of anilines is 1. The lowest BCUT2D eigenvalue weighted by Gasteiger charge is -2.12. The highest BCUT2D eigenvalue weighted by Crippen LogP contribution is 2.34. The second-order valence-electron chi connectivity index (χ2n) is 6.46. The first-order chi connectivity index (χ1) is 12.6. The third-order valence-corrected chi connectivity index (χ3v) is 4.87. The van der Waals surface area contributed by atoms with Gasteiger partial charge in [-0.3, -0.25) is 9.59 Å². The predicted molar refractivity (Wildman–Crippen MR) is 102 cm³/mol. The molecule has 2 aromatic carbocycles. The summed E-state index contributed by atoms with van der Waals surface area (Å²) in [5, 5.41) is 1.96. The molecule has 0 fully saturated rings. The quantitative estimate of drug-likeness (QED) is 0.541. The topological polar surface area (TPSA) is 69.0 Å². The fourth-order valence-electron chi connectivity index (χ4n) is 3.56. The van der Waals surface area contributed by atoms with Crippen LogP contribution in [0.15, 0.2) is 66.2 Å². The Morgan fingerprint density at radius 3 is 2.04 bits per heavy atom. The smallest absolute Gasteiger partial charge is 0.269 e. The fourth-order valence-corrected chi connectivity index (χ4v) is 3.56. The standard InChI is InChI=1S/C21H15N3O2/c1-12-19(17-10-13-6-2-4-8-15(13)22-17)21(26)24(20(12)25)18-11-14-7-3-5-9-16(14)23-18/h2-11,22-23H,1H3. The van der Waals surface area contributed by atoms with Gasteiger partial charge in [-0.25, -0.2) is 4.90 Å². The van der Waals surface area contributed by atoms with Crippen molar-refractivity contribution in [1.29, 1.82) is 0 Å². The van der Waals surface area contributed by atoms with Crippen LogP contribution in [0, 0.1) is 0 Å². The Bertz CT molecular complexity index is 1180. The molecule has 0 saturated heterocycles. The van der Waals surface area contributed by atoms with Gasteiger partial charge in [0.25, 0.3) is 11.8 Å². The molecule has 2 N–H and O–H groups in total. The molecule has 126 valence electrons. The highest BCUT2D eigenvalue weighted by atomic mass is 16.2. The van der Waals surface area contributed by atoms with Gasteiger partial charge in [-0.15, -0.1) is 0 Å². The maximum atomic E-state index is 13.1. The summed E-state index contributed by atoms with van der Waals surface area (Å²) in [4.78, 5) is 33.5. The van der Waals surface area contributed by atoms with E-state index in [1.54, 1.807) is 6.92 Å². The third-order valence-electron chi connectivity index (χ3n) is 4.87. The first kappa shape index (κ1) is 14.7. The number of carbonyl (C=O) groups excluding carboxylic acids is 2. The van der Waals surface area contributed by atoms with Crippen LogP contribution in [0.5, 0.6) is 0 Å². The number of aromatic amines is 2. The highest BCUT2D eigenvalue weighted by Gasteiger charge is 2.39.